The van der Waals surface area contributed by atoms with E-state index >= 15 is 0 Å². The molecule has 0 atom stereocenters. The molecule has 47 heavy (non-hydrogen) atoms. The van der Waals surface area contributed by atoms with Gasteiger partial charge >= 0.3 is 10.1 Å². The molecule has 2 aromatic rings. The summed E-state index contributed by atoms with van der Waals surface area (Å²) in [5, 5.41) is 0. The molecule has 3 aliphatic rings. The first-order valence-corrected chi connectivity index (χ1v) is 17.8. The van der Waals surface area contributed by atoms with Crippen molar-refractivity contribution < 1.29 is 31.7 Å². The molecule has 5 rings (SSSR count). The highest BCUT2D eigenvalue weighted by Gasteiger charge is 2.49. The van der Waals surface area contributed by atoms with Crippen LogP contribution in [0.2, 0.25) is 0 Å². The van der Waals surface area contributed by atoms with Crippen LogP contribution >= 0.6 is 0 Å². The average Bonchev–Trinajstić information content (AvgIpc) is 2.98. The van der Waals surface area contributed by atoms with Crippen LogP contribution in [0.5, 0.6) is 11.5 Å². The van der Waals surface area contributed by atoms with Crippen molar-refractivity contribution in [3.05, 3.63) is 88.8 Å². The highest BCUT2D eigenvalue weighted by molar-refractivity contribution is 7.87. The summed E-state index contributed by atoms with van der Waals surface area (Å²) in [4.78, 5) is 30.8. The SMILES string of the molecule is C=CCc1cc(C2C3=C(CC(C)(C)CC3=O)N(CCCOC)C3=C2C(=O)CC(C)(C)C3)cc(OCC)c1OS(=O)(=O)c1ccccc1. The Labute approximate surface area is 279 Å². The maximum atomic E-state index is 14.3. The number of ketones is 2. The third kappa shape index (κ3) is 7.11. The molecule has 2 aromatic carbocycles. The van der Waals surface area contributed by atoms with E-state index in [1.165, 1.54) is 12.1 Å². The van der Waals surface area contributed by atoms with Gasteiger partial charge in [0, 0.05) is 67.1 Å². The number of allylic oxidation sites excluding steroid dienone is 5. The third-order valence-electron chi connectivity index (χ3n) is 9.13. The van der Waals surface area contributed by atoms with Crippen LogP contribution < -0.4 is 8.92 Å². The molecule has 2 aliphatic carbocycles. The topological polar surface area (TPSA) is 99.2 Å². The predicted octanol–water partition coefficient (Wildman–Crippen LogP) is 7.30. The second kappa shape index (κ2) is 13.4. The first kappa shape index (κ1) is 34.6. The molecule has 1 heterocycles. The highest BCUT2D eigenvalue weighted by atomic mass is 32.2. The largest absolute Gasteiger partial charge is 0.490 e. The van der Waals surface area contributed by atoms with E-state index in [-0.39, 0.29) is 51.8 Å². The molecule has 0 aromatic heterocycles. The Bertz CT molecular complexity index is 1680. The molecule has 1 aliphatic heterocycles. The Balaban J connectivity index is 1.75. The number of carbonyl (C=O) groups is 2. The summed E-state index contributed by atoms with van der Waals surface area (Å²) in [7, 11) is -2.51. The van der Waals surface area contributed by atoms with Crippen molar-refractivity contribution >= 4 is 21.7 Å². The van der Waals surface area contributed by atoms with E-state index in [0.29, 0.717) is 61.1 Å². The van der Waals surface area contributed by atoms with Gasteiger partial charge in [-0.1, -0.05) is 58.0 Å². The molecule has 0 N–H and O–H groups in total. The number of rotatable bonds is 12. The third-order valence-corrected chi connectivity index (χ3v) is 10.4. The Morgan fingerprint density at radius 2 is 1.53 bits per heavy atom. The van der Waals surface area contributed by atoms with Gasteiger partial charge in [-0.3, -0.25) is 9.59 Å². The number of ether oxygens (including phenoxy) is 2. The second-order valence-corrected chi connectivity index (χ2v) is 15.9. The summed E-state index contributed by atoms with van der Waals surface area (Å²) in [5.41, 5.74) is 3.96. The van der Waals surface area contributed by atoms with Gasteiger partial charge in [0.25, 0.3) is 0 Å². The van der Waals surface area contributed by atoms with Gasteiger partial charge in [-0.2, -0.15) is 8.42 Å². The lowest BCUT2D eigenvalue weighted by molar-refractivity contribution is -0.119. The van der Waals surface area contributed by atoms with Crippen LogP contribution in [0.3, 0.4) is 0 Å². The molecule has 0 saturated heterocycles. The molecule has 0 fully saturated rings. The van der Waals surface area contributed by atoms with Crippen LogP contribution in [0.25, 0.3) is 0 Å². The molecular weight excluding hydrogens is 614 g/mol. The smallest absolute Gasteiger partial charge is 0.339 e. The quantitative estimate of drug-likeness (QED) is 0.133. The summed E-state index contributed by atoms with van der Waals surface area (Å²) < 4.78 is 44.1. The summed E-state index contributed by atoms with van der Waals surface area (Å²) in [6, 6.07) is 11.6. The van der Waals surface area contributed by atoms with E-state index in [1.54, 1.807) is 37.5 Å². The lowest BCUT2D eigenvalue weighted by atomic mass is 9.63. The Hall–Kier alpha value is -3.69. The zero-order valence-electron chi connectivity index (χ0n) is 28.5. The van der Waals surface area contributed by atoms with Crippen molar-refractivity contribution in [2.75, 3.05) is 26.9 Å². The van der Waals surface area contributed by atoms with Crippen molar-refractivity contribution in [3.63, 3.8) is 0 Å². The standard InChI is InChI=1S/C38H47NO7S/c1-8-14-25-19-26(20-32(45-9-2)36(25)46-47(42,43)27-15-11-10-12-16-27)33-34-28(21-37(3,4)23-30(34)40)39(17-13-18-44-7)29-22-38(5,6)24-31(41)35(29)33/h8,10-12,15-16,19-20,33H,1,9,13-14,17-18,21-24H2,2-7H3. The molecule has 0 saturated carbocycles. The van der Waals surface area contributed by atoms with Gasteiger partial charge in [0.15, 0.2) is 23.1 Å². The number of Topliss-reactive ketones (excluding diaryl/α,β-unsaturated/α-hetero) is 2. The molecule has 0 radical (unpaired) electrons. The van der Waals surface area contributed by atoms with Gasteiger partial charge in [-0.05, 0) is 67.2 Å². The van der Waals surface area contributed by atoms with E-state index in [0.717, 1.165) is 17.8 Å². The second-order valence-electron chi connectivity index (χ2n) is 14.3. The first-order chi connectivity index (χ1) is 22.2. The van der Waals surface area contributed by atoms with Crippen LogP contribution in [0, 0.1) is 10.8 Å². The van der Waals surface area contributed by atoms with Crippen molar-refractivity contribution in [2.45, 2.75) is 84.0 Å². The minimum absolute atomic E-state index is 0.0207. The molecule has 0 amide bonds. The molecule has 9 heteroatoms. The van der Waals surface area contributed by atoms with Gasteiger partial charge < -0.3 is 18.6 Å². The lowest BCUT2D eigenvalue weighted by Crippen LogP contribution is -2.44. The first-order valence-electron chi connectivity index (χ1n) is 16.4. The monoisotopic (exact) mass is 661 g/mol. The van der Waals surface area contributed by atoms with Crippen LogP contribution in [0.15, 0.2) is 82.6 Å². The molecule has 252 valence electrons. The van der Waals surface area contributed by atoms with Crippen molar-refractivity contribution in [3.8, 4) is 11.5 Å². The van der Waals surface area contributed by atoms with Gasteiger partial charge in [0.2, 0.25) is 0 Å². The number of hydrogen-bond acceptors (Lipinski definition) is 8. The lowest BCUT2D eigenvalue weighted by Gasteiger charge is -2.49. The van der Waals surface area contributed by atoms with Crippen LogP contribution in [0.1, 0.15) is 83.8 Å². The Kier molecular flexibility index (Phi) is 9.90. The minimum Gasteiger partial charge on any atom is -0.490 e. The molecule has 0 unspecified atom stereocenters. The van der Waals surface area contributed by atoms with Crippen molar-refractivity contribution in [1.82, 2.24) is 4.90 Å². The number of methoxy groups -OCH3 is 1. The maximum absolute atomic E-state index is 14.3. The van der Waals surface area contributed by atoms with Gasteiger partial charge in [-0.25, -0.2) is 0 Å². The summed E-state index contributed by atoms with van der Waals surface area (Å²) in [6.07, 6.45) is 4.82. The van der Waals surface area contributed by atoms with E-state index in [2.05, 4.69) is 39.2 Å². The Morgan fingerprint density at radius 3 is 2.06 bits per heavy atom. The van der Waals surface area contributed by atoms with Gasteiger partial charge in [0.05, 0.1) is 6.61 Å². The Morgan fingerprint density at radius 1 is 0.936 bits per heavy atom. The minimum atomic E-state index is -4.19. The van der Waals surface area contributed by atoms with E-state index in [9.17, 15) is 18.0 Å². The maximum Gasteiger partial charge on any atom is 0.339 e. The number of carbonyl (C=O) groups excluding carboxylic acids is 2. The fourth-order valence-electron chi connectivity index (χ4n) is 7.28. The van der Waals surface area contributed by atoms with Crippen LogP contribution in [-0.2, 0) is 30.9 Å². The molecule has 0 spiro atoms. The van der Waals surface area contributed by atoms with E-state index < -0.39 is 16.0 Å². The zero-order chi connectivity index (χ0) is 34.1. The summed E-state index contributed by atoms with van der Waals surface area (Å²) in [6.45, 7) is 15.6. The average molecular weight is 662 g/mol. The molecule has 0 bridgehead atoms. The van der Waals surface area contributed by atoms with E-state index in [1.807, 2.05) is 13.0 Å². The number of nitrogens with zero attached hydrogens (tertiary/aromatic N) is 1. The normalized spacial score (nSPS) is 19.4. The van der Waals surface area contributed by atoms with Gasteiger partial charge in [0.1, 0.15) is 4.90 Å². The highest BCUT2D eigenvalue weighted by Crippen LogP contribution is 2.55. The van der Waals surface area contributed by atoms with Gasteiger partial charge in [-0.15, -0.1) is 6.58 Å². The van der Waals surface area contributed by atoms with Crippen molar-refractivity contribution in [1.29, 1.82) is 0 Å². The summed E-state index contributed by atoms with van der Waals surface area (Å²) in [5.74, 6) is -0.254. The van der Waals surface area contributed by atoms with Crippen LogP contribution in [-0.4, -0.2) is 51.8 Å². The molecular formula is C38H47NO7S. The number of hydrogen-bond donors (Lipinski definition) is 0. The fraction of sp³-hybridized carbons (Fsp3) is 0.474. The zero-order valence-corrected chi connectivity index (χ0v) is 29.3. The number of benzene rings is 2. The molecule has 8 nitrogen and oxygen atoms in total. The van der Waals surface area contributed by atoms with Crippen molar-refractivity contribution in [2.24, 2.45) is 10.8 Å². The summed E-state index contributed by atoms with van der Waals surface area (Å²) >= 11 is 0. The fourth-order valence-corrected chi connectivity index (χ4v) is 8.27. The van der Waals surface area contributed by atoms with E-state index in [4.69, 9.17) is 13.7 Å². The predicted molar refractivity (Wildman–Crippen MR) is 182 cm³/mol. The van der Waals surface area contributed by atoms with Crippen LogP contribution in [0.4, 0.5) is 0 Å².